The monoisotopic (exact) mass is 309 g/mol. The van der Waals surface area contributed by atoms with Crippen molar-refractivity contribution in [1.82, 2.24) is 10.3 Å². The van der Waals surface area contributed by atoms with Gasteiger partial charge in [0.15, 0.2) is 0 Å². The fourth-order valence-electron chi connectivity index (χ4n) is 2.11. The minimum Gasteiger partial charge on any atom is -0.369 e. The van der Waals surface area contributed by atoms with Crippen molar-refractivity contribution >= 4 is 28.6 Å². The maximum atomic E-state index is 6.11. The van der Waals surface area contributed by atoms with Gasteiger partial charge in [-0.3, -0.25) is 0 Å². The minimum absolute atomic E-state index is 0.782. The lowest BCUT2D eigenvalue weighted by molar-refractivity contribution is 0.723. The van der Waals surface area contributed by atoms with Crippen LogP contribution in [0.2, 0.25) is 5.02 Å². The highest BCUT2D eigenvalue weighted by molar-refractivity contribution is 7.09. The molecular formula is C15H20ClN3S. The van der Waals surface area contributed by atoms with Crippen LogP contribution < -0.4 is 10.2 Å². The predicted octanol–water partition coefficient (Wildman–Crippen LogP) is 3.85. The van der Waals surface area contributed by atoms with Gasteiger partial charge in [-0.2, -0.15) is 0 Å². The van der Waals surface area contributed by atoms with Crippen LogP contribution in [0.1, 0.15) is 23.1 Å². The number of nitrogens with one attached hydrogen (secondary N) is 1. The first-order valence-corrected chi connectivity index (χ1v) is 7.96. The summed E-state index contributed by atoms with van der Waals surface area (Å²) in [4.78, 5) is 7.86. The van der Waals surface area contributed by atoms with Crippen LogP contribution in [0.4, 0.5) is 5.69 Å². The van der Waals surface area contributed by atoms with Crippen molar-refractivity contribution in [1.29, 1.82) is 0 Å². The molecule has 0 saturated carbocycles. The van der Waals surface area contributed by atoms with E-state index in [1.54, 1.807) is 11.3 Å². The fraction of sp³-hybridized carbons (Fsp3) is 0.400. The summed E-state index contributed by atoms with van der Waals surface area (Å²) >= 11 is 7.82. The average Bonchev–Trinajstić information content (AvgIpc) is 2.82. The Kier molecular flexibility index (Phi) is 5.40. The second-order valence-corrected chi connectivity index (χ2v) is 6.15. The second kappa shape index (κ2) is 7.07. The first-order valence-electron chi connectivity index (χ1n) is 6.71. The number of rotatable bonds is 6. The van der Waals surface area contributed by atoms with Crippen molar-refractivity contribution in [2.75, 3.05) is 18.5 Å². The van der Waals surface area contributed by atoms with Gasteiger partial charge in [-0.1, -0.05) is 18.5 Å². The molecule has 0 atom stereocenters. The lowest BCUT2D eigenvalue weighted by Crippen LogP contribution is -2.20. The molecule has 0 spiro atoms. The van der Waals surface area contributed by atoms with Gasteiger partial charge in [-0.05, 0) is 37.2 Å². The van der Waals surface area contributed by atoms with Crippen LogP contribution in [-0.2, 0) is 13.1 Å². The number of nitrogens with zero attached hydrogens (tertiary/aromatic N) is 2. The topological polar surface area (TPSA) is 28.2 Å². The Balaban J connectivity index is 2.20. The molecule has 0 aliphatic carbocycles. The van der Waals surface area contributed by atoms with Crippen LogP contribution >= 0.6 is 22.9 Å². The van der Waals surface area contributed by atoms with E-state index in [1.807, 2.05) is 17.6 Å². The molecule has 0 fully saturated rings. The number of thiazole rings is 1. The van der Waals surface area contributed by atoms with Crippen LogP contribution in [0.5, 0.6) is 0 Å². The Morgan fingerprint density at radius 3 is 2.85 bits per heavy atom. The van der Waals surface area contributed by atoms with Crippen molar-refractivity contribution < 1.29 is 0 Å². The van der Waals surface area contributed by atoms with Gasteiger partial charge in [0.2, 0.25) is 0 Å². The van der Waals surface area contributed by atoms with E-state index >= 15 is 0 Å². The molecule has 2 aromatic rings. The summed E-state index contributed by atoms with van der Waals surface area (Å²) in [7, 11) is 2.11. The predicted molar refractivity (Wildman–Crippen MR) is 87.8 cm³/mol. The SMILES string of the molecule is CCNCc1cc(Cl)ccc1N(C)Cc1scnc1C. The zero-order chi connectivity index (χ0) is 14.5. The first-order chi connectivity index (χ1) is 9.61. The molecular weight excluding hydrogens is 290 g/mol. The number of hydrogen-bond acceptors (Lipinski definition) is 4. The Bertz CT molecular complexity index is 568. The van der Waals surface area contributed by atoms with E-state index in [2.05, 4.69) is 42.2 Å². The van der Waals surface area contributed by atoms with Crippen LogP contribution in [-0.4, -0.2) is 18.6 Å². The smallest absolute Gasteiger partial charge is 0.0798 e. The molecule has 0 unspecified atom stereocenters. The minimum atomic E-state index is 0.782. The van der Waals surface area contributed by atoms with Crippen molar-refractivity contribution in [3.63, 3.8) is 0 Å². The van der Waals surface area contributed by atoms with E-state index in [0.29, 0.717) is 0 Å². The van der Waals surface area contributed by atoms with Gasteiger partial charge in [0.05, 0.1) is 17.7 Å². The molecule has 0 amide bonds. The van der Waals surface area contributed by atoms with Gasteiger partial charge >= 0.3 is 0 Å². The van der Waals surface area contributed by atoms with Gasteiger partial charge in [-0.15, -0.1) is 11.3 Å². The van der Waals surface area contributed by atoms with E-state index in [-0.39, 0.29) is 0 Å². The molecule has 1 aromatic carbocycles. The van der Waals surface area contributed by atoms with Crippen LogP contribution in [0.3, 0.4) is 0 Å². The standard InChI is InChI=1S/C15H20ClN3S/c1-4-17-8-12-7-13(16)5-6-14(12)19(3)9-15-11(2)18-10-20-15/h5-7,10,17H,4,8-9H2,1-3H3. The van der Waals surface area contributed by atoms with Gasteiger partial charge < -0.3 is 10.2 Å². The van der Waals surface area contributed by atoms with Crippen LogP contribution in [0.15, 0.2) is 23.7 Å². The summed E-state index contributed by atoms with van der Waals surface area (Å²) in [6.45, 7) is 6.81. The number of halogens is 1. The summed E-state index contributed by atoms with van der Waals surface area (Å²) in [5.74, 6) is 0. The Hall–Kier alpha value is -1.10. The zero-order valence-electron chi connectivity index (χ0n) is 12.1. The number of aromatic nitrogens is 1. The normalized spacial score (nSPS) is 10.8. The van der Waals surface area contributed by atoms with E-state index in [9.17, 15) is 0 Å². The zero-order valence-corrected chi connectivity index (χ0v) is 13.7. The van der Waals surface area contributed by atoms with Gasteiger partial charge in [0.1, 0.15) is 0 Å². The largest absolute Gasteiger partial charge is 0.369 e. The molecule has 1 heterocycles. The number of hydrogen-bond donors (Lipinski definition) is 1. The third-order valence-corrected chi connectivity index (χ3v) is 4.40. The van der Waals surface area contributed by atoms with Gasteiger partial charge in [-0.25, -0.2) is 4.98 Å². The summed E-state index contributed by atoms with van der Waals surface area (Å²) in [6.07, 6.45) is 0. The molecule has 1 aromatic heterocycles. The molecule has 0 saturated heterocycles. The summed E-state index contributed by atoms with van der Waals surface area (Å²) in [5.41, 5.74) is 5.45. The third-order valence-electron chi connectivity index (χ3n) is 3.24. The fourth-order valence-corrected chi connectivity index (χ4v) is 3.13. The van der Waals surface area contributed by atoms with Crippen molar-refractivity contribution in [2.24, 2.45) is 0 Å². The second-order valence-electron chi connectivity index (χ2n) is 4.77. The molecule has 20 heavy (non-hydrogen) atoms. The van der Waals surface area contributed by atoms with Crippen molar-refractivity contribution in [2.45, 2.75) is 26.9 Å². The Labute approximate surface area is 129 Å². The summed E-state index contributed by atoms with van der Waals surface area (Å²) in [6, 6.07) is 6.07. The van der Waals surface area contributed by atoms with Crippen LogP contribution in [0, 0.1) is 6.92 Å². The lowest BCUT2D eigenvalue weighted by atomic mass is 10.1. The molecule has 0 aliphatic heterocycles. The number of aryl methyl sites for hydroxylation is 1. The number of anilines is 1. The van der Waals surface area contributed by atoms with Crippen molar-refractivity contribution in [3.8, 4) is 0 Å². The first kappa shape index (κ1) is 15.3. The maximum absolute atomic E-state index is 6.11. The summed E-state index contributed by atoms with van der Waals surface area (Å²) < 4.78 is 0. The van der Waals surface area contributed by atoms with E-state index in [4.69, 9.17) is 11.6 Å². The molecule has 0 bridgehead atoms. The van der Waals surface area contributed by atoms with Gasteiger partial charge in [0.25, 0.3) is 0 Å². The molecule has 108 valence electrons. The molecule has 5 heteroatoms. The quantitative estimate of drug-likeness (QED) is 0.878. The van der Waals surface area contributed by atoms with E-state index < -0.39 is 0 Å². The lowest BCUT2D eigenvalue weighted by Gasteiger charge is -2.22. The highest BCUT2D eigenvalue weighted by Gasteiger charge is 2.11. The van der Waals surface area contributed by atoms with E-state index in [1.165, 1.54) is 16.1 Å². The molecule has 0 radical (unpaired) electrons. The van der Waals surface area contributed by atoms with Gasteiger partial charge in [0, 0.05) is 29.2 Å². The highest BCUT2D eigenvalue weighted by atomic mass is 35.5. The molecule has 3 nitrogen and oxygen atoms in total. The molecule has 1 N–H and O–H groups in total. The Morgan fingerprint density at radius 2 is 2.20 bits per heavy atom. The number of benzene rings is 1. The maximum Gasteiger partial charge on any atom is 0.0798 e. The highest BCUT2D eigenvalue weighted by Crippen LogP contribution is 2.26. The third kappa shape index (κ3) is 3.72. The molecule has 2 rings (SSSR count). The van der Waals surface area contributed by atoms with E-state index in [0.717, 1.165) is 30.4 Å². The average molecular weight is 310 g/mol. The Morgan fingerprint density at radius 1 is 1.40 bits per heavy atom. The summed E-state index contributed by atoms with van der Waals surface area (Å²) in [5, 5.41) is 4.14. The van der Waals surface area contributed by atoms with Crippen molar-refractivity contribution in [3.05, 3.63) is 44.9 Å². The molecule has 0 aliphatic rings. The van der Waals surface area contributed by atoms with Crippen LogP contribution in [0.25, 0.3) is 0 Å².